The molecule has 1 heteroatoms. The lowest BCUT2D eigenvalue weighted by Gasteiger charge is -1.96. The second-order valence-electron chi connectivity index (χ2n) is 1.83. The van der Waals surface area contributed by atoms with E-state index in [0.717, 1.165) is 12.8 Å². The van der Waals surface area contributed by atoms with Crippen LogP contribution in [-0.4, -0.2) is 11.2 Å². The van der Waals surface area contributed by atoms with Gasteiger partial charge in [0.2, 0.25) is 0 Å². The smallest absolute Gasteiger partial charge is 0.0515 e. The van der Waals surface area contributed by atoms with Gasteiger partial charge in [-0.25, -0.2) is 0 Å². The van der Waals surface area contributed by atoms with Gasteiger partial charge in [0.05, 0.1) is 6.10 Å². The van der Waals surface area contributed by atoms with E-state index in [0.29, 0.717) is 0 Å². The minimum absolute atomic E-state index is 0.195. The summed E-state index contributed by atoms with van der Waals surface area (Å²) in [6, 6.07) is 0. The molecule has 0 aliphatic carbocycles. The van der Waals surface area contributed by atoms with Crippen molar-refractivity contribution < 1.29 is 5.11 Å². The highest BCUT2D eigenvalue weighted by Crippen LogP contribution is 1.94. The molecule has 1 nitrogen and oxygen atoms in total. The average molecular weight is 112 g/mol. The van der Waals surface area contributed by atoms with Crippen LogP contribution in [0.15, 0.2) is 18.4 Å². The molecule has 1 atom stereocenters. The van der Waals surface area contributed by atoms with Crippen LogP contribution in [0, 0.1) is 0 Å². The Kier molecular flexibility index (Phi) is 4.33. The predicted molar refractivity (Wildman–Crippen MR) is 34.6 cm³/mol. The van der Waals surface area contributed by atoms with Gasteiger partial charge in [-0.2, -0.15) is 0 Å². The maximum Gasteiger partial charge on any atom is 0.0515 e. The second-order valence-corrected chi connectivity index (χ2v) is 1.83. The molecule has 0 saturated heterocycles. The van der Waals surface area contributed by atoms with E-state index >= 15 is 0 Å². The number of rotatable bonds is 3. The number of hydrogen-bond acceptors (Lipinski definition) is 1. The third-order valence-electron chi connectivity index (χ3n) is 0.873. The first kappa shape index (κ1) is 7.48. The van der Waals surface area contributed by atoms with Crippen LogP contribution in [-0.2, 0) is 0 Å². The van der Waals surface area contributed by atoms with Crippen molar-refractivity contribution in [2.45, 2.75) is 25.9 Å². The maximum absolute atomic E-state index is 8.71. The number of hydrogen-bond donors (Lipinski definition) is 1. The van der Waals surface area contributed by atoms with Gasteiger partial charge in [-0.05, 0) is 25.8 Å². The lowest BCUT2D eigenvalue weighted by atomic mass is 10.2. The summed E-state index contributed by atoms with van der Waals surface area (Å²) in [5, 5.41) is 8.71. The zero-order valence-electron chi connectivity index (χ0n) is 5.22. The van der Waals surface area contributed by atoms with Crippen molar-refractivity contribution in [2.24, 2.45) is 0 Å². The molecule has 0 fully saturated rings. The van der Waals surface area contributed by atoms with Crippen molar-refractivity contribution in [2.75, 3.05) is 0 Å². The molecule has 0 aromatic heterocycles. The van der Waals surface area contributed by atoms with Gasteiger partial charge in [0.15, 0.2) is 0 Å². The van der Waals surface area contributed by atoms with Gasteiger partial charge in [0.1, 0.15) is 0 Å². The molecule has 0 heterocycles. The Hall–Kier alpha value is -0.520. The Balaban J connectivity index is 3.05. The molecule has 0 radical (unpaired) electrons. The van der Waals surface area contributed by atoms with Crippen LogP contribution < -0.4 is 0 Å². The Morgan fingerprint density at radius 3 is 2.88 bits per heavy atom. The van der Waals surface area contributed by atoms with Gasteiger partial charge in [0.25, 0.3) is 0 Å². The summed E-state index contributed by atoms with van der Waals surface area (Å²) in [4.78, 5) is 0. The zero-order chi connectivity index (χ0) is 6.41. The maximum atomic E-state index is 8.71. The molecule has 8 heavy (non-hydrogen) atoms. The lowest BCUT2D eigenvalue weighted by molar-refractivity contribution is 0.186. The lowest BCUT2D eigenvalue weighted by Crippen LogP contribution is -1.96. The topological polar surface area (TPSA) is 20.2 Å². The van der Waals surface area contributed by atoms with E-state index in [2.05, 4.69) is 12.3 Å². The Morgan fingerprint density at radius 1 is 1.88 bits per heavy atom. The summed E-state index contributed by atoms with van der Waals surface area (Å²) >= 11 is 0. The summed E-state index contributed by atoms with van der Waals surface area (Å²) < 4.78 is 0. The first-order valence-electron chi connectivity index (χ1n) is 2.79. The van der Waals surface area contributed by atoms with E-state index in [9.17, 15) is 0 Å². The van der Waals surface area contributed by atoms with Crippen molar-refractivity contribution in [3.63, 3.8) is 0 Å². The van der Waals surface area contributed by atoms with E-state index in [1.54, 1.807) is 6.92 Å². The summed E-state index contributed by atoms with van der Waals surface area (Å²) in [6.07, 6.45) is 3.32. The number of allylic oxidation sites excluding steroid dienone is 1. The fraction of sp³-hybridized carbons (Fsp3) is 0.571. The number of aliphatic hydroxyl groups is 1. The SMILES string of the molecule is C=C=CCC[C@@H](C)O. The molecule has 0 unspecified atom stereocenters. The molecule has 0 aliphatic heterocycles. The van der Waals surface area contributed by atoms with E-state index in [-0.39, 0.29) is 6.10 Å². The van der Waals surface area contributed by atoms with Crippen molar-refractivity contribution in [3.05, 3.63) is 18.4 Å². The van der Waals surface area contributed by atoms with Crippen molar-refractivity contribution in [1.29, 1.82) is 0 Å². The van der Waals surface area contributed by atoms with Crippen LogP contribution >= 0.6 is 0 Å². The minimum atomic E-state index is -0.195. The highest BCUT2D eigenvalue weighted by Gasteiger charge is 1.89. The van der Waals surface area contributed by atoms with Gasteiger partial charge >= 0.3 is 0 Å². The Bertz CT molecular complexity index is 88.6. The quantitative estimate of drug-likeness (QED) is 0.548. The second kappa shape index (κ2) is 4.63. The van der Waals surface area contributed by atoms with Crippen LogP contribution in [0.2, 0.25) is 0 Å². The summed E-state index contributed by atoms with van der Waals surface area (Å²) in [5.41, 5.74) is 2.64. The van der Waals surface area contributed by atoms with E-state index in [4.69, 9.17) is 5.11 Å². The third-order valence-corrected chi connectivity index (χ3v) is 0.873. The highest BCUT2D eigenvalue weighted by molar-refractivity contribution is 4.75. The largest absolute Gasteiger partial charge is 0.393 e. The minimum Gasteiger partial charge on any atom is -0.393 e. The molecule has 1 N–H and O–H groups in total. The van der Waals surface area contributed by atoms with E-state index in [1.807, 2.05) is 6.08 Å². The van der Waals surface area contributed by atoms with Crippen LogP contribution in [0.25, 0.3) is 0 Å². The molecule has 0 amide bonds. The highest BCUT2D eigenvalue weighted by atomic mass is 16.3. The normalized spacial score (nSPS) is 12.2. The van der Waals surface area contributed by atoms with Crippen LogP contribution in [0.5, 0.6) is 0 Å². The molecule has 46 valence electrons. The van der Waals surface area contributed by atoms with Gasteiger partial charge in [-0.3, -0.25) is 0 Å². The zero-order valence-corrected chi connectivity index (χ0v) is 5.22. The first-order valence-corrected chi connectivity index (χ1v) is 2.79. The summed E-state index contributed by atoms with van der Waals surface area (Å²) in [6.45, 7) is 5.17. The van der Waals surface area contributed by atoms with Crippen molar-refractivity contribution in [1.82, 2.24) is 0 Å². The van der Waals surface area contributed by atoms with Crippen molar-refractivity contribution in [3.8, 4) is 0 Å². The predicted octanol–water partition coefficient (Wildman–Crippen LogP) is 1.49. The molecule has 0 aliphatic rings. The average Bonchev–Trinajstić information content (AvgIpc) is 1.66. The first-order chi connectivity index (χ1) is 3.77. The molecule has 0 aromatic carbocycles. The number of aliphatic hydroxyl groups excluding tert-OH is 1. The summed E-state index contributed by atoms with van der Waals surface area (Å²) in [7, 11) is 0. The van der Waals surface area contributed by atoms with Crippen LogP contribution in [0.1, 0.15) is 19.8 Å². The van der Waals surface area contributed by atoms with Crippen LogP contribution in [0.3, 0.4) is 0 Å². The molecule has 0 saturated carbocycles. The van der Waals surface area contributed by atoms with Gasteiger partial charge in [-0.15, -0.1) is 5.73 Å². The molecular formula is C7H12O. The van der Waals surface area contributed by atoms with Gasteiger partial charge < -0.3 is 5.11 Å². The molecular weight excluding hydrogens is 100 g/mol. The van der Waals surface area contributed by atoms with E-state index in [1.165, 1.54) is 0 Å². The molecule has 0 spiro atoms. The molecule has 0 aromatic rings. The Labute approximate surface area is 50.3 Å². The molecule has 0 rings (SSSR count). The fourth-order valence-electron chi connectivity index (χ4n) is 0.427. The third kappa shape index (κ3) is 5.48. The molecule has 0 bridgehead atoms. The monoisotopic (exact) mass is 112 g/mol. The Morgan fingerprint density at radius 2 is 2.50 bits per heavy atom. The van der Waals surface area contributed by atoms with Gasteiger partial charge in [0, 0.05) is 0 Å². The van der Waals surface area contributed by atoms with Gasteiger partial charge in [-0.1, -0.05) is 6.58 Å². The van der Waals surface area contributed by atoms with Crippen molar-refractivity contribution >= 4 is 0 Å². The summed E-state index contributed by atoms with van der Waals surface area (Å²) in [5.74, 6) is 0. The fourth-order valence-corrected chi connectivity index (χ4v) is 0.427. The van der Waals surface area contributed by atoms with E-state index < -0.39 is 0 Å². The standard InChI is InChI=1S/C7H12O/c1-3-4-5-6-7(2)8/h4,7-8H,1,5-6H2,2H3/t7-/m1/s1. The van der Waals surface area contributed by atoms with Crippen LogP contribution in [0.4, 0.5) is 0 Å².